The lowest BCUT2D eigenvalue weighted by Crippen LogP contribution is -2.31. The van der Waals surface area contributed by atoms with Gasteiger partial charge in [0, 0.05) is 19.8 Å². The molecule has 2 rings (SSSR count). The first-order chi connectivity index (χ1) is 11.8. The molecule has 0 N–H and O–H groups in total. The van der Waals surface area contributed by atoms with Crippen LogP contribution >= 0.6 is 0 Å². The monoisotopic (exact) mass is 336 g/mol. The van der Waals surface area contributed by atoms with Crippen LogP contribution in [-0.4, -0.2) is 69.5 Å². The standard InChI is InChI=1S/C17H22NO6/c19-7-9-23-11-13-24-12-10-22-8-3-6-18-16(20)14-4-1-2-5-15(14)17(18)21/h1-2,4-5H,3,6-13H2/q-1. The summed E-state index contributed by atoms with van der Waals surface area (Å²) in [6.07, 6.45) is 0.581. The highest BCUT2D eigenvalue weighted by Gasteiger charge is 2.34. The molecule has 132 valence electrons. The minimum absolute atomic E-state index is 0.206. The number of fused-ring (bicyclic) bond motifs is 1. The Balaban J connectivity index is 1.53. The third-order valence-electron chi connectivity index (χ3n) is 3.52. The Kier molecular flexibility index (Phi) is 7.84. The van der Waals surface area contributed by atoms with Gasteiger partial charge in [0.1, 0.15) is 0 Å². The highest BCUT2D eigenvalue weighted by molar-refractivity contribution is 6.21. The van der Waals surface area contributed by atoms with Crippen molar-refractivity contribution in [3.05, 3.63) is 35.4 Å². The van der Waals surface area contributed by atoms with Crippen LogP contribution < -0.4 is 5.11 Å². The smallest absolute Gasteiger partial charge is 0.261 e. The van der Waals surface area contributed by atoms with Crippen LogP contribution in [0, 0.1) is 0 Å². The molecule has 0 aromatic heterocycles. The van der Waals surface area contributed by atoms with Crippen LogP contribution in [0.3, 0.4) is 0 Å². The summed E-state index contributed by atoms with van der Waals surface area (Å²) in [4.78, 5) is 25.5. The van der Waals surface area contributed by atoms with Gasteiger partial charge in [-0.3, -0.25) is 14.5 Å². The molecule has 0 radical (unpaired) electrons. The highest BCUT2D eigenvalue weighted by atomic mass is 16.5. The fourth-order valence-corrected chi connectivity index (χ4v) is 2.37. The predicted molar refractivity (Wildman–Crippen MR) is 83.8 cm³/mol. The van der Waals surface area contributed by atoms with Crippen molar-refractivity contribution in [1.82, 2.24) is 4.90 Å². The maximum absolute atomic E-state index is 12.1. The van der Waals surface area contributed by atoms with E-state index in [4.69, 9.17) is 14.2 Å². The number of rotatable bonds is 12. The van der Waals surface area contributed by atoms with Gasteiger partial charge in [-0.15, -0.1) is 6.61 Å². The van der Waals surface area contributed by atoms with Crippen molar-refractivity contribution in [2.45, 2.75) is 6.42 Å². The topological polar surface area (TPSA) is 88.1 Å². The van der Waals surface area contributed by atoms with Gasteiger partial charge in [-0.1, -0.05) is 12.1 Å². The molecule has 0 atom stereocenters. The number of hydrogen-bond donors (Lipinski definition) is 0. The molecule has 1 aromatic carbocycles. The van der Waals surface area contributed by atoms with Gasteiger partial charge in [-0.25, -0.2) is 0 Å². The summed E-state index contributed by atoms with van der Waals surface area (Å²) in [5, 5.41) is 10.1. The third-order valence-corrected chi connectivity index (χ3v) is 3.52. The summed E-state index contributed by atoms with van der Waals surface area (Å²) >= 11 is 0. The minimum atomic E-state index is -0.240. The molecule has 2 amide bonds. The van der Waals surface area contributed by atoms with Crippen molar-refractivity contribution < 1.29 is 28.9 Å². The molecular formula is C17H22NO6-. The van der Waals surface area contributed by atoms with Crippen molar-refractivity contribution in [3.63, 3.8) is 0 Å². The van der Waals surface area contributed by atoms with Crippen molar-refractivity contribution in [2.75, 3.05) is 52.8 Å². The lowest BCUT2D eigenvalue weighted by Gasteiger charge is -2.13. The molecule has 0 bridgehead atoms. The van der Waals surface area contributed by atoms with E-state index in [9.17, 15) is 14.7 Å². The van der Waals surface area contributed by atoms with Crippen LogP contribution in [0.1, 0.15) is 27.1 Å². The Morgan fingerprint density at radius 1 is 0.792 bits per heavy atom. The number of amides is 2. The van der Waals surface area contributed by atoms with Crippen molar-refractivity contribution >= 4 is 11.8 Å². The molecule has 24 heavy (non-hydrogen) atoms. The average molecular weight is 336 g/mol. The second kappa shape index (κ2) is 10.1. The first-order valence-electron chi connectivity index (χ1n) is 8.02. The van der Waals surface area contributed by atoms with Gasteiger partial charge in [-0.2, -0.15) is 0 Å². The van der Waals surface area contributed by atoms with Gasteiger partial charge >= 0.3 is 0 Å². The normalized spacial score (nSPS) is 13.6. The molecule has 0 aliphatic carbocycles. The molecule has 1 heterocycles. The van der Waals surface area contributed by atoms with Crippen LogP contribution in [0.4, 0.5) is 0 Å². The number of hydrogen-bond acceptors (Lipinski definition) is 6. The molecule has 0 unspecified atom stereocenters. The van der Waals surface area contributed by atoms with Gasteiger partial charge in [0.2, 0.25) is 0 Å². The summed E-state index contributed by atoms with van der Waals surface area (Å²) < 4.78 is 15.7. The molecule has 7 heteroatoms. The first kappa shape index (κ1) is 18.5. The van der Waals surface area contributed by atoms with Gasteiger partial charge in [0.15, 0.2) is 0 Å². The predicted octanol–water partition coefficient (Wildman–Crippen LogP) is 0.0828. The largest absolute Gasteiger partial charge is 0.853 e. The number of imide groups is 1. The summed E-state index contributed by atoms with van der Waals surface area (Å²) in [6.45, 7) is 2.46. The molecular weight excluding hydrogens is 314 g/mol. The molecule has 1 aromatic rings. The Labute approximate surface area is 141 Å². The SMILES string of the molecule is O=C1c2ccccc2C(=O)N1CCCOCCOCCOCC[O-]. The Morgan fingerprint density at radius 2 is 1.29 bits per heavy atom. The molecule has 0 fully saturated rings. The fourth-order valence-electron chi connectivity index (χ4n) is 2.37. The van der Waals surface area contributed by atoms with E-state index in [1.165, 1.54) is 4.90 Å². The first-order valence-corrected chi connectivity index (χ1v) is 8.02. The zero-order chi connectivity index (χ0) is 17.2. The van der Waals surface area contributed by atoms with Crippen LogP contribution in [0.25, 0.3) is 0 Å². The minimum Gasteiger partial charge on any atom is -0.853 e. The van der Waals surface area contributed by atoms with Crippen LogP contribution in [0.15, 0.2) is 24.3 Å². The average Bonchev–Trinajstić information content (AvgIpc) is 2.84. The molecule has 1 aliphatic heterocycles. The quantitative estimate of drug-likeness (QED) is 0.397. The lowest BCUT2D eigenvalue weighted by molar-refractivity contribution is -0.374. The fraction of sp³-hybridized carbons (Fsp3) is 0.529. The van der Waals surface area contributed by atoms with E-state index < -0.39 is 0 Å². The van der Waals surface area contributed by atoms with Crippen molar-refractivity contribution in [1.29, 1.82) is 0 Å². The lowest BCUT2D eigenvalue weighted by atomic mass is 10.1. The summed E-state index contributed by atoms with van der Waals surface area (Å²) in [5.41, 5.74) is 0.937. The summed E-state index contributed by atoms with van der Waals surface area (Å²) in [6, 6.07) is 6.85. The van der Waals surface area contributed by atoms with Gasteiger partial charge < -0.3 is 19.3 Å². The van der Waals surface area contributed by atoms with Gasteiger partial charge in [-0.05, 0) is 18.6 Å². The van der Waals surface area contributed by atoms with Crippen LogP contribution in [-0.2, 0) is 14.2 Å². The van der Waals surface area contributed by atoms with Gasteiger partial charge in [0.05, 0.1) is 37.6 Å². The number of carbonyl (C=O) groups is 2. The number of ether oxygens (including phenoxy) is 3. The summed E-state index contributed by atoms with van der Waals surface area (Å²) in [5.74, 6) is -0.478. The van der Waals surface area contributed by atoms with E-state index >= 15 is 0 Å². The Bertz CT molecular complexity index is 513. The van der Waals surface area contributed by atoms with E-state index in [0.717, 1.165) is 0 Å². The van der Waals surface area contributed by atoms with E-state index in [2.05, 4.69) is 0 Å². The zero-order valence-corrected chi connectivity index (χ0v) is 13.6. The number of carbonyl (C=O) groups excluding carboxylic acids is 2. The van der Waals surface area contributed by atoms with E-state index in [0.29, 0.717) is 57.1 Å². The second-order valence-corrected chi connectivity index (χ2v) is 5.20. The highest BCUT2D eigenvalue weighted by Crippen LogP contribution is 2.22. The maximum atomic E-state index is 12.1. The molecule has 0 saturated heterocycles. The van der Waals surface area contributed by atoms with E-state index in [1.807, 2.05) is 0 Å². The molecule has 1 aliphatic rings. The third kappa shape index (κ3) is 5.10. The molecule has 0 spiro atoms. The number of nitrogens with zero attached hydrogens (tertiary/aromatic N) is 1. The Hall–Kier alpha value is -1.80. The summed E-state index contributed by atoms with van der Waals surface area (Å²) in [7, 11) is 0. The van der Waals surface area contributed by atoms with Crippen molar-refractivity contribution in [3.8, 4) is 0 Å². The maximum Gasteiger partial charge on any atom is 0.261 e. The zero-order valence-electron chi connectivity index (χ0n) is 13.6. The van der Waals surface area contributed by atoms with E-state index in [1.54, 1.807) is 24.3 Å². The van der Waals surface area contributed by atoms with Crippen LogP contribution in [0.2, 0.25) is 0 Å². The Morgan fingerprint density at radius 3 is 1.83 bits per heavy atom. The number of benzene rings is 1. The molecule has 0 saturated carbocycles. The van der Waals surface area contributed by atoms with Crippen LogP contribution in [0.5, 0.6) is 0 Å². The van der Waals surface area contributed by atoms with E-state index in [-0.39, 0.29) is 25.0 Å². The van der Waals surface area contributed by atoms with Gasteiger partial charge in [0.25, 0.3) is 11.8 Å². The molecule has 7 nitrogen and oxygen atoms in total. The van der Waals surface area contributed by atoms with Crippen molar-refractivity contribution in [2.24, 2.45) is 0 Å². The second-order valence-electron chi connectivity index (χ2n) is 5.20.